The molecule has 4 rings (SSSR count). The standard InChI is InChI=1S/C20H19F4N5O3S/c21-15-4-2-1-3-14(15)18(32-8-7-30)19(31)27-9-13-10-29(25-16(13)11-27)33-17-5-6-28(26-17)12-20(22,23)24/h1-6,10,18,30H,7-9,11-12H2. The molecule has 3 aromatic rings. The smallest absolute Gasteiger partial charge is 0.394 e. The van der Waals surface area contributed by atoms with E-state index in [4.69, 9.17) is 9.84 Å². The Hall–Kier alpha value is -2.90. The van der Waals surface area contributed by atoms with Crippen LogP contribution in [0.25, 0.3) is 0 Å². The molecular formula is C20H19F4N5O3S. The molecule has 1 unspecified atom stereocenters. The van der Waals surface area contributed by atoms with Crippen LogP contribution in [0.4, 0.5) is 17.6 Å². The molecule has 2 aromatic heterocycles. The number of rotatable bonds is 8. The maximum absolute atomic E-state index is 14.3. The number of hydrogen-bond donors (Lipinski definition) is 1. The minimum absolute atomic E-state index is 0.0792. The zero-order valence-corrected chi connectivity index (χ0v) is 17.9. The molecule has 8 nitrogen and oxygen atoms in total. The second kappa shape index (κ2) is 9.53. The maximum Gasteiger partial charge on any atom is 0.408 e. The van der Waals surface area contributed by atoms with Crippen molar-refractivity contribution < 1.29 is 32.2 Å². The quantitative estimate of drug-likeness (QED) is 0.494. The molecule has 1 N–H and O–H groups in total. The number of carbonyl (C=O) groups is 1. The molecule has 13 heteroatoms. The number of aromatic nitrogens is 4. The van der Waals surface area contributed by atoms with Gasteiger partial charge in [0.2, 0.25) is 0 Å². The topological polar surface area (TPSA) is 85.4 Å². The van der Waals surface area contributed by atoms with Crippen molar-refractivity contribution in [3.63, 3.8) is 0 Å². The number of carbonyl (C=O) groups excluding carboxylic acids is 1. The molecule has 3 heterocycles. The van der Waals surface area contributed by atoms with Gasteiger partial charge in [-0.25, -0.2) is 8.48 Å². The highest BCUT2D eigenvalue weighted by Crippen LogP contribution is 2.30. The van der Waals surface area contributed by atoms with Crippen molar-refractivity contribution in [2.24, 2.45) is 0 Å². The first-order valence-electron chi connectivity index (χ1n) is 9.85. The van der Waals surface area contributed by atoms with E-state index in [9.17, 15) is 22.4 Å². The number of halogens is 4. The van der Waals surface area contributed by atoms with Crippen LogP contribution in [0, 0.1) is 5.82 Å². The number of amides is 1. The van der Waals surface area contributed by atoms with Gasteiger partial charge in [0.25, 0.3) is 5.91 Å². The highest BCUT2D eigenvalue weighted by molar-refractivity contribution is 7.97. The van der Waals surface area contributed by atoms with Gasteiger partial charge in [0.15, 0.2) is 6.10 Å². The third-order valence-corrected chi connectivity index (χ3v) is 5.58. The van der Waals surface area contributed by atoms with Crippen molar-refractivity contribution in [1.29, 1.82) is 0 Å². The van der Waals surface area contributed by atoms with Crippen LogP contribution in [0.3, 0.4) is 0 Å². The molecular weight excluding hydrogens is 466 g/mol. The van der Waals surface area contributed by atoms with Crippen LogP contribution in [-0.4, -0.2) is 54.3 Å². The number of ether oxygens (including phenoxy) is 1. The Morgan fingerprint density at radius 2 is 2.00 bits per heavy atom. The van der Waals surface area contributed by atoms with Crippen molar-refractivity contribution in [3.8, 4) is 0 Å². The van der Waals surface area contributed by atoms with Crippen molar-refractivity contribution in [1.82, 2.24) is 23.9 Å². The van der Waals surface area contributed by atoms with Gasteiger partial charge in [0.05, 0.1) is 25.5 Å². The lowest BCUT2D eigenvalue weighted by molar-refractivity contribution is -0.146. The highest BCUT2D eigenvalue weighted by Gasteiger charge is 2.34. The van der Waals surface area contributed by atoms with Crippen LogP contribution in [0.1, 0.15) is 22.9 Å². The van der Waals surface area contributed by atoms with Crippen LogP contribution >= 0.6 is 11.9 Å². The van der Waals surface area contributed by atoms with E-state index in [-0.39, 0.29) is 31.9 Å². The molecule has 1 aromatic carbocycles. The maximum atomic E-state index is 14.3. The lowest BCUT2D eigenvalue weighted by atomic mass is 10.1. The van der Waals surface area contributed by atoms with Crippen molar-refractivity contribution in [3.05, 3.63) is 65.4 Å². The Morgan fingerprint density at radius 1 is 1.21 bits per heavy atom. The number of aliphatic hydroxyl groups is 1. The van der Waals surface area contributed by atoms with Crippen LogP contribution in [0.2, 0.25) is 0 Å². The molecule has 1 aliphatic rings. The summed E-state index contributed by atoms with van der Waals surface area (Å²) in [6.45, 7) is -1.25. The van der Waals surface area contributed by atoms with E-state index in [2.05, 4.69) is 10.2 Å². The van der Waals surface area contributed by atoms with Gasteiger partial charge in [-0.15, -0.1) is 0 Å². The Bertz CT molecular complexity index is 1110. The fraction of sp³-hybridized carbons (Fsp3) is 0.350. The van der Waals surface area contributed by atoms with E-state index in [1.54, 1.807) is 12.3 Å². The zero-order chi connectivity index (χ0) is 23.6. The van der Waals surface area contributed by atoms with E-state index in [0.29, 0.717) is 10.7 Å². The molecule has 176 valence electrons. The summed E-state index contributed by atoms with van der Waals surface area (Å²) in [6.07, 6.45) is -2.66. The molecule has 0 saturated carbocycles. The van der Waals surface area contributed by atoms with E-state index >= 15 is 0 Å². The number of nitrogens with zero attached hydrogens (tertiary/aromatic N) is 5. The van der Waals surface area contributed by atoms with Crippen LogP contribution in [0.15, 0.2) is 47.8 Å². The summed E-state index contributed by atoms with van der Waals surface area (Å²) in [5.74, 6) is -1.05. The Kier molecular flexibility index (Phi) is 6.72. The van der Waals surface area contributed by atoms with E-state index in [1.807, 2.05) is 0 Å². The Morgan fingerprint density at radius 3 is 2.70 bits per heavy atom. The summed E-state index contributed by atoms with van der Waals surface area (Å²) >= 11 is 1.05. The van der Waals surface area contributed by atoms with Gasteiger partial charge in [-0.2, -0.15) is 23.4 Å². The lowest BCUT2D eigenvalue weighted by Crippen LogP contribution is -2.33. The summed E-state index contributed by atoms with van der Waals surface area (Å²) in [6, 6.07) is 7.24. The van der Waals surface area contributed by atoms with E-state index < -0.39 is 30.5 Å². The van der Waals surface area contributed by atoms with Gasteiger partial charge in [-0.3, -0.25) is 9.48 Å². The predicted molar refractivity (Wildman–Crippen MR) is 108 cm³/mol. The second-order valence-corrected chi connectivity index (χ2v) is 8.23. The zero-order valence-electron chi connectivity index (χ0n) is 17.1. The number of aliphatic hydroxyl groups excluding tert-OH is 1. The van der Waals surface area contributed by atoms with E-state index in [0.717, 1.165) is 22.2 Å². The average molecular weight is 485 g/mol. The van der Waals surface area contributed by atoms with Crippen molar-refractivity contribution in [2.75, 3.05) is 13.2 Å². The van der Waals surface area contributed by atoms with Gasteiger partial charge in [0.1, 0.15) is 17.4 Å². The van der Waals surface area contributed by atoms with Crippen molar-refractivity contribution in [2.45, 2.75) is 36.9 Å². The molecule has 0 saturated heterocycles. The summed E-state index contributed by atoms with van der Waals surface area (Å²) in [5, 5.41) is 17.7. The molecule has 0 spiro atoms. The molecule has 0 radical (unpaired) electrons. The van der Waals surface area contributed by atoms with Gasteiger partial charge >= 0.3 is 6.18 Å². The van der Waals surface area contributed by atoms with Crippen LogP contribution < -0.4 is 0 Å². The molecule has 1 aliphatic heterocycles. The molecule has 0 fully saturated rings. The first kappa shape index (κ1) is 23.3. The summed E-state index contributed by atoms with van der Waals surface area (Å²) < 4.78 is 59.4. The first-order valence-corrected chi connectivity index (χ1v) is 10.6. The number of fused-ring (bicyclic) bond motifs is 1. The SMILES string of the molecule is O=C(C(OCCO)c1ccccc1F)N1Cc2cn(Sc3ccn(CC(F)(F)F)n3)nc2C1. The average Bonchev–Trinajstić information content (AvgIpc) is 3.43. The minimum atomic E-state index is -4.36. The number of benzene rings is 1. The molecule has 1 amide bonds. The van der Waals surface area contributed by atoms with Gasteiger partial charge in [-0.05, 0) is 12.1 Å². The van der Waals surface area contributed by atoms with Gasteiger partial charge < -0.3 is 14.7 Å². The van der Waals surface area contributed by atoms with Crippen LogP contribution in [-0.2, 0) is 29.2 Å². The molecule has 0 aliphatic carbocycles. The second-order valence-electron chi connectivity index (χ2n) is 7.25. The molecule has 1 atom stereocenters. The first-order chi connectivity index (χ1) is 15.7. The minimum Gasteiger partial charge on any atom is -0.394 e. The van der Waals surface area contributed by atoms with Gasteiger partial charge in [-0.1, -0.05) is 18.2 Å². The Balaban J connectivity index is 1.42. The largest absolute Gasteiger partial charge is 0.408 e. The summed E-state index contributed by atoms with van der Waals surface area (Å²) in [7, 11) is 0. The predicted octanol–water partition coefficient (Wildman–Crippen LogP) is 2.93. The number of alkyl halides is 3. The van der Waals surface area contributed by atoms with Crippen LogP contribution in [0.5, 0.6) is 0 Å². The van der Waals surface area contributed by atoms with Crippen molar-refractivity contribution >= 4 is 17.9 Å². The fourth-order valence-electron chi connectivity index (χ4n) is 3.41. The third-order valence-electron chi connectivity index (χ3n) is 4.80. The van der Waals surface area contributed by atoms with Gasteiger partial charge in [0, 0.05) is 42.0 Å². The number of hydrogen-bond acceptors (Lipinski definition) is 6. The molecule has 0 bridgehead atoms. The molecule has 33 heavy (non-hydrogen) atoms. The van der Waals surface area contributed by atoms with E-state index in [1.165, 1.54) is 39.4 Å². The summed E-state index contributed by atoms with van der Waals surface area (Å²) in [4.78, 5) is 14.5. The third kappa shape index (κ3) is 5.54. The highest BCUT2D eigenvalue weighted by atomic mass is 32.2. The summed E-state index contributed by atoms with van der Waals surface area (Å²) in [5.41, 5.74) is 1.44. The Labute approximate surface area is 189 Å². The normalized spacial score (nSPS) is 14.5. The lowest BCUT2D eigenvalue weighted by Gasteiger charge is -2.24. The monoisotopic (exact) mass is 485 g/mol. The fourth-order valence-corrected chi connectivity index (χ4v) is 4.18.